The molecule has 4 aliphatic rings. The Morgan fingerprint density at radius 2 is 0.707 bits per heavy atom. The Kier molecular flexibility index (Phi) is 12.5. The molecule has 0 saturated heterocycles. The van der Waals surface area contributed by atoms with Gasteiger partial charge in [-0.05, 0) is 183 Å². The zero-order valence-corrected chi connectivity index (χ0v) is 52.3. The number of nitrogens with two attached hydrogens (primary N) is 4. The molecule has 14 atom stereocenters. The number of carbonyl (C=O) groups is 4. The molecule has 4 aromatic rings. The number of aromatic nitrogens is 8. The van der Waals surface area contributed by atoms with Gasteiger partial charge in [-0.1, -0.05) is 27.4 Å². The van der Waals surface area contributed by atoms with E-state index >= 15 is 0 Å². The highest BCUT2D eigenvalue weighted by molar-refractivity contribution is 5.99. The second kappa shape index (κ2) is 32.3. The second-order valence-corrected chi connectivity index (χ2v) is 24.0. The van der Waals surface area contributed by atoms with Gasteiger partial charge in [0.25, 0.3) is 23.6 Å². The molecule has 4 saturated carbocycles. The Labute approximate surface area is 599 Å². The summed E-state index contributed by atoms with van der Waals surface area (Å²) in [5.41, 5.74) is 17.2. The molecule has 4 fully saturated rings. The number of rotatable bonds is 16. The Morgan fingerprint density at radius 3 is 1.01 bits per heavy atom. The van der Waals surface area contributed by atoms with Crippen LogP contribution in [0.5, 0.6) is 0 Å². The first-order valence-corrected chi connectivity index (χ1v) is 27.6. The number of aliphatic hydroxyl groups is 4. The molecule has 28 nitrogen and oxygen atoms in total. The van der Waals surface area contributed by atoms with Gasteiger partial charge in [0.05, 0.1) is 57.5 Å². The Bertz CT molecular complexity index is 4970. The third kappa shape index (κ3) is 24.8. The molecule has 0 radical (unpaired) electrons. The van der Waals surface area contributed by atoms with E-state index in [0.717, 1.165) is 24.8 Å². The van der Waals surface area contributed by atoms with Crippen LogP contribution in [0.3, 0.4) is 0 Å². The first-order chi connectivity index (χ1) is 57.9. The van der Waals surface area contributed by atoms with Gasteiger partial charge in [0.2, 0.25) is 23.8 Å². The van der Waals surface area contributed by atoms with Crippen molar-refractivity contribution < 1.29 is 94.4 Å². The van der Waals surface area contributed by atoms with Crippen molar-refractivity contribution in [2.75, 3.05) is 42.5 Å². The molecule has 92 heavy (non-hydrogen) atoms. The zero-order chi connectivity index (χ0) is 104. The van der Waals surface area contributed by atoms with Gasteiger partial charge in [-0.3, -0.25) is 19.2 Å². The standard InChI is InChI=1S/4C16H27N5O2/c4*1-9-5-6-10(7-12(9)22)19-14-11(13(17)23)8-18-15(20-14)21-16(2,3)4/h4*8-10,12,22H,5-7H2,1-4H3,(H2,17,23)(H2,18,19,20,21)/i1D3,5D,6D2,7D2,9D,10D,12D;1D3,6D2,7D2,9D,10D,12D;1D3,5D,6D2,7D2,10D,12D;1D3,6D2,7D2,10D,12D. The monoisotopic (exact) mass is 1330 g/mol. The number of hydrogen-bond donors (Lipinski definition) is 16. The van der Waals surface area contributed by atoms with Crippen LogP contribution in [-0.4, -0.2) is 154 Å². The minimum absolute atomic E-state index is 0.0490. The normalized spacial score (nSPS) is 45.9. The maximum atomic E-state index is 11.9. The van der Waals surface area contributed by atoms with E-state index in [-0.39, 0.29) is 23.8 Å². The molecule has 4 heterocycles. The lowest BCUT2D eigenvalue weighted by molar-refractivity contribution is 0.0737. The SMILES string of the molecule is [2H]C([2H])([2H])C1([2H])CC([2H])([2H])C([2H])(Nc2nc(NC(C)(C)C)ncc2C(N)=O)C([2H])([2H])C1([2H])O.[2H]C([2H])([2H])C1CC([2H])([2H])C([2H])(Nc2nc(NC(C)(C)C)ncc2C(N)=O)C([2H])([2H])C1([2H])O.[2H]C1C(C([2H])([2H])[2H])C([2H])(O)C([2H])([2H])C([2H])(Nc2nc(NC(C)(C)C)ncc2C(N)=O)C1([2H])[2H].[2H]C1C([2H])([2H])C([2H])(Nc2nc(NC(C)(C)C)ncc2C(N)=O)C([2H])([2H])C([2H])(O)C1([2H])C([2H])([2H])[2H]. The highest BCUT2D eigenvalue weighted by Gasteiger charge is 2.32. The molecule has 0 aromatic carbocycles. The summed E-state index contributed by atoms with van der Waals surface area (Å²) in [5.74, 6) is -18.8. The highest BCUT2D eigenvalue weighted by Crippen LogP contribution is 2.32. The van der Waals surface area contributed by atoms with E-state index in [1.807, 2.05) is 5.32 Å². The van der Waals surface area contributed by atoms with Crippen LogP contribution < -0.4 is 65.5 Å². The van der Waals surface area contributed by atoms with E-state index in [9.17, 15) is 39.6 Å². The fraction of sp³-hybridized carbons (Fsp3) is 0.688. The fourth-order valence-corrected chi connectivity index (χ4v) is 6.95. The van der Waals surface area contributed by atoms with Crippen LogP contribution in [0.2, 0.25) is 0 Å². The Morgan fingerprint density at radius 1 is 0.424 bits per heavy atom. The average molecular weight is 1330 g/mol. The summed E-state index contributed by atoms with van der Waals surface area (Å²) in [7, 11) is 0. The zero-order valence-electron chi connectivity index (χ0n) is 92.3. The largest absolute Gasteiger partial charge is 0.393 e. The number of hydrogen-bond acceptors (Lipinski definition) is 24. The molecule has 4 aromatic heterocycles. The Balaban J connectivity index is 0.000000311. The van der Waals surface area contributed by atoms with Gasteiger partial charge < -0.3 is 85.9 Å². The topological polar surface area (TPSA) is 453 Å². The van der Waals surface area contributed by atoms with Crippen LogP contribution in [0, 0.1) is 23.6 Å². The number of nitrogens with one attached hydrogen (secondary N) is 8. The maximum absolute atomic E-state index is 11.9. The Hall–Kier alpha value is -7.56. The van der Waals surface area contributed by atoms with Gasteiger partial charge in [-0.15, -0.1) is 0 Å². The van der Waals surface area contributed by atoms with Crippen molar-refractivity contribution >= 4 is 70.7 Å². The summed E-state index contributed by atoms with van der Waals surface area (Å²) in [4.78, 5) is 79.2. The van der Waals surface area contributed by atoms with Crippen molar-refractivity contribution in [2.45, 2.75) is 258 Å². The molecule has 28 heteroatoms. The summed E-state index contributed by atoms with van der Waals surface area (Å²) < 4.78 is 323. The summed E-state index contributed by atoms with van der Waals surface area (Å²) in [6, 6.07) is -13.3. The van der Waals surface area contributed by atoms with Gasteiger partial charge >= 0.3 is 0 Å². The van der Waals surface area contributed by atoms with Crippen molar-refractivity contribution in [3.63, 3.8) is 0 Å². The molecule has 512 valence electrons. The maximum Gasteiger partial charge on any atom is 0.254 e. The molecular formula is C64H108N20O8. The summed E-state index contributed by atoms with van der Waals surface area (Å²) in [6.07, 6.45) is -46.2. The average Bonchev–Trinajstić information content (AvgIpc) is 0.667. The number of amides is 4. The molecule has 4 amide bonds. The molecule has 0 spiro atoms. The third-order valence-electron chi connectivity index (χ3n) is 11.0. The van der Waals surface area contributed by atoms with Crippen molar-refractivity contribution in [3.05, 3.63) is 47.0 Å². The van der Waals surface area contributed by atoms with Crippen LogP contribution in [0.15, 0.2) is 24.8 Å². The second-order valence-electron chi connectivity index (χ2n) is 24.0. The molecule has 0 bridgehead atoms. The van der Waals surface area contributed by atoms with E-state index in [0.29, 0.717) is 0 Å². The van der Waals surface area contributed by atoms with Crippen molar-refractivity contribution in [1.29, 1.82) is 0 Å². The third-order valence-corrected chi connectivity index (χ3v) is 11.0. The van der Waals surface area contributed by atoms with E-state index < -0.39 is 267 Å². The smallest absolute Gasteiger partial charge is 0.254 e. The molecule has 0 aliphatic heterocycles. The quantitative estimate of drug-likeness (QED) is 0.0537. The van der Waals surface area contributed by atoms with Gasteiger partial charge in [0.1, 0.15) is 23.3 Å². The van der Waals surface area contributed by atoms with Crippen LogP contribution >= 0.6 is 0 Å². The first-order valence-electron chi connectivity index (χ1n) is 47.7. The number of carbonyl (C=O) groups excluding carboxylic acids is 4. The number of primary amides is 4. The summed E-state index contributed by atoms with van der Waals surface area (Å²) in [5, 5.41) is 62.6. The molecule has 14 unspecified atom stereocenters. The lowest BCUT2D eigenvalue weighted by Crippen LogP contribution is -2.36. The first kappa shape index (κ1) is 35.6. The van der Waals surface area contributed by atoms with Crippen LogP contribution in [0.1, 0.15) is 283 Å². The van der Waals surface area contributed by atoms with Gasteiger partial charge in [0, 0.05) is 115 Å². The predicted octanol–water partition coefficient (Wildman–Crippen LogP) is 6.99. The predicted molar refractivity (Wildman–Crippen MR) is 361 cm³/mol. The summed E-state index contributed by atoms with van der Waals surface area (Å²) in [6.45, 7) is 7.61. The van der Waals surface area contributed by atoms with Gasteiger partial charge in [0.15, 0.2) is 0 Å². The van der Waals surface area contributed by atoms with E-state index in [1.54, 1.807) is 83.1 Å². The van der Waals surface area contributed by atoms with Gasteiger partial charge in [-0.25, -0.2) is 19.9 Å². The molecular weight excluding hydrogens is 1180 g/mol. The van der Waals surface area contributed by atoms with Gasteiger partial charge in [-0.2, -0.15) is 19.9 Å². The van der Waals surface area contributed by atoms with Crippen molar-refractivity contribution in [2.24, 2.45) is 46.6 Å². The van der Waals surface area contributed by atoms with E-state index in [2.05, 4.69) is 77.1 Å². The van der Waals surface area contributed by atoms with Crippen LogP contribution in [0.25, 0.3) is 0 Å². The van der Waals surface area contributed by atoms with Crippen molar-refractivity contribution in [3.8, 4) is 0 Å². The highest BCUT2D eigenvalue weighted by atomic mass is 16.3. The molecule has 20 N–H and O–H groups in total. The summed E-state index contributed by atoms with van der Waals surface area (Å²) >= 11 is 0. The lowest BCUT2D eigenvalue weighted by Gasteiger charge is -2.32. The van der Waals surface area contributed by atoms with Crippen LogP contribution in [0.4, 0.5) is 47.1 Å². The minimum Gasteiger partial charge on any atom is -0.393 e. The number of nitrogens with zero attached hydrogens (tertiary/aromatic N) is 8. The molecule has 4 aliphatic carbocycles. The minimum atomic E-state index is -4.00. The fourth-order valence-electron chi connectivity index (χ4n) is 6.95. The van der Waals surface area contributed by atoms with E-state index in [1.165, 1.54) is 0 Å². The lowest BCUT2D eigenvalue weighted by atomic mass is 9.85. The number of anilines is 8. The van der Waals surface area contributed by atoms with Crippen LogP contribution in [-0.2, 0) is 0 Å². The molecule has 8 rings (SSSR count). The van der Waals surface area contributed by atoms with Crippen molar-refractivity contribution in [1.82, 2.24) is 39.9 Å². The van der Waals surface area contributed by atoms with E-state index in [4.69, 9.17) is 77.8 Å².